The second-order valence-corrected chi connectivity index (χ2v) is 7.06. The number of nitrogens with zero attached hydrogens (tertiary/aromatic N) is 2. The van der Waals surface area contributed by atoms with Crippen molar-refractivity contribution in [3.8, 4) is 5.75 Å². The van der Waals surface area contributed by atoms with Crippen LogP contribution in [0.4, 0.5) is 0 Å². The Labute approximate surface area is 175 Å². The third kappa shape index (κ3) is 8.48. The zero-order valence-electron chi connectivity index (χ0n) is 14.6. The van der Waals surface area contributed by atoms with Gasteiger partial charge in [-0.3, -0.25) is 4.79 Å². The molecule has 1 fully saturated rings. The van der Waals surface area contributed by atoms with Crippen LogP contribution < -0.4 is 10.1 Å². The number of amides is 1. The molecule has 1 amide bonds. The molecule has 1 heterocycles. The van der Waals surface area contributed by atoms with Crippen molar-refractivity contribution in [3.63, 3.8) is 0 Å². The SMILES string of the molecule is CN1CCN(CCCNC(=O)COc2cc(Cl)c(Cl)cc2Cl)CC1.Cl.O. The van der Waals surface area contributed by atoms with Crippen molar-refractivity contribution in [3.05, 3.63) is 27.2 Å². The molecule has 1 aromatic carbocycles. The van der Waals surface area contributed by atoms with Crippen molar-refractivity contribution in [2.24, 2.45) is 0 Å². The standard InChI is InChI=1S/C16H22Cl3N3O2.ClH.H2O/c1-21-5-7-22(8-6-21)4-2-3-20-16(23)11-24-15-10-13(18)12(17)9-14(15)19;;/h9-10H,2-8,11H2,1H3,(H,20,23);1H;1H2. The quantitative estimate of drug-likeness (QED) is 0.513. The Bertz CT molecular complexity index is 570. The number of benzene rings is 1. The Morgan fingerprint density at radius 2 is 1.73 bits per heavy atom. The molecule has 26 heavy (non-hydrogen) atoms. The fraction of sp³-hybridized carbons (Fsp3) is 0.562. The second kappa shape index (κ2) is 12.8. The third-order valence-electron chi connectivity index (χ3n) is 3.90. The number of hydrogen-bond donors (Lipinski definition) is 1. The molecule has 0 radical (unpaired) electrons. The molecule has 0 spiro atoms. The molecule has 2 rings (SSSR count). The molecular weight excluding hydrogens is 424 g/mol. The van der Waals surface area contributed by atoms with E-state index < -0.39 is 0 Å². The average Bonchev–Trinajstić information content (AvgIpc) is 2.55. The molecule has 0 unspecified atom stereocenters. The van der Waals surface area contributed by atoms with E-state index in [-0.39, 0.29) is 30.4 Å². The minimum atomic E-state index is -0.185. The largest absolute Gasteiger partial charge is 0.482 e. The van der Waals surface area contributed by atoms with Gasteiger partial charge in [0, 0.05) is 38.8 Å². The van der Waals surface area contributed by atoms with Crippen molar-refractivity contribution < 1.29 is 15.0 Å². The first kappa shape index (κ1) is 25.5. The highest BCUT2D eigenvalue weighted by Gasteiger charge is 2.13. The number of carbonyl (C=O) groups excluding carboxylic acids is 1. The van der Waals surface area contributed by atoms with Gasteiger partial charge in [0.2, 0.25) is 0 Å². The maximum Gasteiger partial charge on any atom is 0.257 e. The Morgan fingerprint density at radius 1 is 1.12 bits per heavy atom. The van der Waals surface area contributed by atoms with Crippen LogP contribution in [-0.2, 0) is 4.79 Å². The lowest BCUT2D eigenvalue weighted by atomic mass is 10.3. The van der Waals surface area contributed by atoms with Crippen LogP contribution in [0.2, 0.25) is 15.1 Å². The summed E-state index contributed by atoms with van der Waals surface area (Å²) in [6.45, 7) is 5.89. The number of halogens is 4. The Hall–Kier alpha value is -0.470. The van der Waals surface area contributed by atoms with Crippen LogP contribution in [0.3, 0.4) is 0 Å². The van der Waals surface area contributed by atoms with Gasteiger partial charge in [0.25, 0.3) is 5.91 Å². The van der Waals surface area contributed by atoms with Gasteiger partial charge in [-0.05, 0) is 26.1 Å². The maximum atomic E-state index is 11.8. The van der Waals surface area contributed by atoms with E-state index in [1.54, 1.807) is 0 Å². The molecule has 10 heteroatoms. The maximum absolute atomic E-state index is 11.8. The minimum Gasteiger partial charge on any atom is -0.482 e. The highest BCUT2D eigenvalue weighted by Crippen LogP contribution is 2.33. The van der Waals surface area contributed by atoms with Gasteiger partial charge >= 0.3 is 0 Å². The van der Waals surface area contributed by atoms with E-state index in [1.807, 2.05) is 0 Å². The summed E-state index contributed by atoms with van der Waals surface area (Å²) in [6.07, 6.45) is 0.920. The Kier molecular flexibility index (Phi) is 12.6. The number of rotatable bonds is 7. The number of hydrogen-bond acceptors (Lipinski definition) is 4. The van der Waals surface area contributed by atoms with Crippen LogP contribution in [-0.4, -0.2) is 74.1 Å². The van der Waals surface area contributed by atoms with Crippen molar-refractivity contribution in [2.45, 2.75) is 6.42 Å². The van der Waals surface area contributed by atoms with Gasteiger partial charge in [-0.2, -0.15) is 0 Å². The van der Waals surface area contributed by atoms with E-state index in [0.29, 0.717) is 27.4 Å². The molecular formula is C16H25Cl4N3O3. The second-order valence-electron chi connectivity index (χ2n) is 5.83. The van der Waals surface area contributed by atoms with Crippen LogP contribution in [0.1, 0.15) is 6.42 Å². The number of likely N-dealkylation sites (N-methyl/N-ethyl adjacent to an activating group) is 1. The summed E-state index contributed by atoms with van der Waals surface area (Å²) in [5.74, 6) is 0.161. The smallest absolute Gasteiger partial charge is 0.257 e. The van der Waals surface area contributed by atoms with E-state index in [2.05, 4.69) is 22.2 Å². The summed E-state index contributed by atoms with van der Waals surface area (Å²) in [6, 6.07) is 3.00. The highest BCUT2D eigenvalue weighted by atomic mass is 35.5. The van der Waals surface area contributed by atoms with Crippen LogP contribution in [0.15, 0.2) is 12.1 Å². The lowest BCUT2D eigenvalue weighted by molar-refractivity contribution is -0.123. The number of carbonyl (C=O) groups is 1. The first-order valence-electron chi connectivity index (χ1n) is 7.90. The van der Waals surface area contributed by atoms with Gasteiger partial charge in [0.05, 0.1) is 15.1 Å². The topological polar surface area (TPSA) is 76.3 Å². The van der Waals surface area contributed by atoms with E-state index in [0.717, 1.165) is 39.1 Å². The summed E-state index contributed by atoms with van der Waals surface area (Å²) < 4.78 is 5.39. The van der Waals surface area contributed by atoms with Crippen LogP contribution in [0.5, 0.6) is 5.75 Å². The van der Waals surface area contributed by atoms with E-state index in [4.69, 9.17) is 39.5 Å². The highest BCUT2D eigenvalue weighted by molar-refractivity contribution is 6.43. The van der Waals surface area contributed by atoms with Crippen LogP contribution in [0, 0.1) is 0 Å². The lowest BCUT2D eigenvalue weighted by Crippen LogP contribution is -2.45. The molecule has 6 nitrogen and oxygen atoms in total. The van der Waals surface area contributed by atoms with E-state index in [1.165, 1.54) is 12.1 Å². The molecule has 1 aliphatic heterocycles. The summed E-state index contributed by atoms with van der Waals surface area (Å²) in [5.41, 5.74) is 0. The molecule has 0 atom stereocenters. The first-order valence-corrected chi connectivity index (χ1v) is 9.04. The van der Waals surface area contributed by atoms with E-state index in [9.17, 15) is 4.79 Å². The predicted octanol–water partition coefficient (Wildman–Crippen LogP) is 2.38. The number of nitrogens with one attached hydrogen (secondary N) is 1. The molecule has 1 aliphatic rings. The monoisotopic (exact) mass is 447 g/mol. The molecule has 150 valence electrons. The van der Waals surface area contributed by atoms with Crippen molar-refractivity contribution in [2.75, 3.05) is 52.9 Å². The van der Waals surface area contributed by atoms with Crippen molar-refractivity contribution in [1.82, 2.24) is 15.1 Å². The summed E-state index contributed by atoms with van der Waals surface area (Å²) in [5, 5.41) is 3.86. The molecule has 1 aromatic rings. The molecule has 0 bridgehead atoms. The molecule has 0 aromatic heterocycles. The Balaban J connectivity index is 0.00000312. The van der Waals surface area contributed by atoms with Gasteiger partial charge in [-0.15, -0.1) is 12.4 Å². The fourth-order valence-electron chi connectivity index (χ4n) is 2.41. The summed E-state index contributed by atoms with van der Waals surface area (Å²) >= 11 is 17.8. The normalized spacial score (nSPS) is 14.9. The van der Waals surface area contributed by atoms with Crippen molar-refractivity contribution >= 4 is 53.1 Å². The molecule has 1 saturated heterocycles. The lowest BCUT2D eigenvalue weighted by Gasteiger charge is -2.32. The van der Waals surface area contributed by atoms with Gasteiger partial charge in [-0.1, -0.05) is 34.8 Å². The first-order chi connectivity index (χ1) is 11.5. The Morgan fingerprint density at radius 3 is 2.38 bits per heavy atom. The van der Waals surface area contributed by atoms with Crippen molar-refractivity contribution in [1.29, 1.82) is 0 Å². The van der Waals surface area contributed by atoms with Crippen LogP contribution >= 0.6 is 47.2 Å². The average molecular weight is 449 g/mol. The fourth-order valence-corrected chi connectivity index (χ4v) is 3.00. The van der Waals surface area contributed by atoms with E-state index >= 15 is 0 Å². The molecule has 3 N–H and O–H groups in total. The number of ether oxygens (including phenoxy) is 1. The third-order valence-corrected chi connectivity index (χ3v) is 4.92. The predicted molar refractivity (Wildman–Crippen MR) is 109 cm³/mol. The van der Waals surface area contributed by atoms with Crippen LogP contribution in [0.25, 0.3) is 0 Å². The zero-order valence-corrected chi connectivity index (χ0v) is 17.6. The van der Waals surface area contributed by atoms with Gasteiger partial charge in [0.15, 0.2) is 6.61 Å². The van der Waals surface area contributed by atoms with Gasteiger partial charge < -0.3 is 25.3 Å². The molecule has 0 saturated carbocycles. The summed E-state index contributed by atoms with van der Waals surface area (Å²) in [4.78, 5) is 16.6. The summed E-state index contributed by atoms with van der Waals surface area (Å²) in [7, 11) is 2.14. The van der Waals surface area contributed by atoms with Gasteiger partial charge in [0.1, 0.15) is 5.75 Å². The van der Waals surface area contributed by atoms with Gasteiger partial charge in [-0.25, -0.2) is 0 Å². The molecule has 0 aliphatic carbocycles. The number of piperazine rings is 1. The minimum absolute atomic E-state index is 0. The zero-order chi connectivity index (χ0) is 17.5.